The maximum Gasteiger partial charge on any atom is 0.0481 e. The second-order valence-electron chi connectivity index (χ2n) is 6.53. The van der Waals surface area contributed by atoms with Crippen LogP contribution >= 0.6 is 0 Å². The van der Waals surface area contributed by atoms with Crippen LogP contribution in [0.5, 0.6) is 0 Å². The van der Waals surface area contributed by atoms with Gasteiger partial charge in [0.2, 0.25) is 0 Å². The summed E-state index contributed by atoms with van der Waals surface area (Å²) in [5.74, 6) is 0.688. The first-order valence-electron chi connectivity index (χ1n) is 7.15. The van der Waals surface area contributed by atoms with Crippen molar-refractivity contribution in [1.82, 2.24) is 9.88 Å². The van der Waals surface area contributed by atoms with Crippen molar-refractivity contribution in [3.05, 3.63) is 36.0 Å². The van der Waals surface area contributed by atoms with Gasteiger partial charge in [-0.1, -0.05) is 45.9 Å². The van der Waals surface area contributed by atoms with Gasteiger partial charge in [0.05, 0.1) is 0 Å². The van der Waals surface area contributed by atoms with E-state index in [1.807, 2.05) is 0 Å². The molecule has 0 radical (unpaired) electrons. The summed E-state index contributed by atoms with van der Waals surface area (Å²) < 4.78 is 2.21. The van der Waals surface area contributed by atoms with E-state index in [2.05, 4.69) is 75.1 Å². The number of rotatable bonds is 5. The van der Waals surface area contributed by atoms with E-state index >= 15 is 0 Å². The summed E-state index contributed by atoms with van der Waals surface area (Å²) in [6, 6.07) is 8.60. The Labute approximate surface area is 116 Å². The summed E-state index contributed by atoms with van der Waals surface area (Å²) in [7, 11) is 2.11. The molecule has 1 heterocycles. The third kappa shape index (κ3) is 3.01. The molecule has 2 rings (SSSR count). The second-order valence-corrected chi connectivity index (χ2v) is 6.53. The standard InChI is InChI=1S/C17H26N2/c1-13(2)17(3,4)12-18-10-14-11-19(5)16-9-7-6-8-15(14)16/h6-9,11,13,18H,10,12H2,1-5H3. The van der Waals surface area contributed by atoms with Gasteiger partial charge < -0.3 is 9.88 Å². The average molecular weight is 258 g/mol. The summed E-state index contributed by atoms with van der Waals surface area (Å²) in [4.78, 5) is 0. The van der Waals surface area contributed by atoms with Crippen molar-refractivity contribution in [3.8, 4) is 0 Å². The number of benzene rings is 1. The molecule has 0 bridgehead atoms. The van der Waals surface area contributed by atoms with E-state index in [0.717, 1.165) is 13.1 Å². The Morgan fingerprint density at radius 3 is 2.58 bits per heavy atom. The molecule has 0 unspecified atom stereocenters. The number of nitrogens with zero attached hydrogens (tertiary/aromatic N) is 1. The number of aromatic nitrogens is 1. The summed E-state index contributed by atoms with van der Waals surface area (Å²) in [5, 5.41) is 4.98. The molecule has 0 aliphatic heterocycles. The van der Waals surface area contributed by atoms with Gasteiger partial charge in [0, 0.05) is 37.2 Å². The van der Waals surface area contributed by atoms with E-state index in [-0.39, 0.29) is 0 Å². The molecule has 0 saturated carbocycles. The molecule has 0 fully saturated rings. The van der Waals surface area contributed by atoms with Gasteiger partial charge in [-0.05, 0) is 23.0 Å². The quantitative estimate of drug-likeness (QED) is 0.859. The largest absolute Gasteiger partial charge is 0.350 e. The molecular weight excluding hydrogens is 232 g/mol. The molecule has 2 heteroatoms. The van der Waals surface area contributed by atoms with Crippen LogP contribution in [0.15, 0.2) is 30.5 Å². The number of nitrogens with one attached hydrogen (secondary N) is 1. The van der Waals surface area contributed by atoms with Gasteiger partial charge in [0.25, 0.3) is 0 Å². The summed E-state index contributed by atoms with van der Waals surface area (Å²) in [5.41, 5.74) is 3.03. The number of para-hydroxylation sites is 1. The molecule has 0 aliphatic rings. The van der Waals surface area contributed by atoms with Crippen LogP contribution in [-0.4, -0.2) is 11.1 Å². The molecular formula is C17H26N2. The number of hydrogen-bond acceptors (Lipinski definition) is 1. The molecule has 0 amide bonds. The molecule has 0 atom stereocenters. The zero-order chi connectivity index (χ0) is 14.0. The van der Waals surface area contributed by atoms with Crippen LogP contribution in [0.25, 0.3) is 10.9 Å². The summed E-state index contributed by atoms with van der Waals surface area (Å²) in [6.07, 6.45) is 2.24. The molecule has 0 aliphatic carbocycles. The van der Waals surface area contributed by atoms with Gasteiger partial charge in [-0.15, -0.1) is 0 Å². The molecule has 1 aromatic carbocycles. The Bertz CT molecular complexity index is 549. The fourth-order valence-electron chi connectivity index (χ4n) is 2.29. The van der Waals surface area contributed by atoms with Gasteiger partial charge in [-0.3, -0.25) is 0 Å². The number of aryl methyl sites for hydroxylation is 1. The lowest BCUT2D eigenvalue weighted by Gasteiger charge is -2.29. The van der Waals surface area contributed by atoms with Crippen molar-refractivity contribution in [3.63, 3.8) is 0 Å². The van der Waals surface area contributed by atoms with Crippen molar-refractivity contribution < 1.29 is 0 Å². The van der Waals surface area contributed by atoms with Crippen molar-refractivity contribution in [2.24, 2.45) is 18.4 Å². The maximum atomic E-state index is 3.62. The van der Waals surface area contributed by atoms with Crippen LogP contribution < -0.4 is 5.32 Å². The highest BCUT2D eigenvalue weighted by Gasteiger charge is 2.21. The Balaban J connectivity index is 2.07. The van der Waals surface area contributed by atoms with Gasteiger partial charge in [0.1, 0.15) is 0 Å². The Hall–Kier alpha value is -1.28. The molecule has 0 spiro atoms. The predicted octanol–water partition coefficient (Wildman–Crippen LogP) is 3.95. The predicted molar refractivity (Wildman–Crippen MR) is 83.2 cm³/mol. The van der Waals surface area contributed by atoms with Crippen molar-refractivity contribution in [2.75, 3.05) is 6.54 Å². The summed E-state index contributed by atoms with van der Waals surface area (Å²) >= 11 is 0. The van der Waals surface area contributed by atoms with Crippen LogP contribution in [0.4, 0.5) is 0 Å². The third-order valence-corrected chi connectivity index (χ3v) is 4.44. The highest BCUT2D eigenvalue weighted by molar-refractivity contribution is 5.83. The molecule has 1 aromatic heterocycles. The second kappa shape index (κ2) is 5.38. The van der Waals surface area contributed by atoms with Gasteiger partial charge in [-0.2, -0.15) is 0 Å². The lowest BCUT2D eigenvalue weighted by atomic mass is 9.81. The first kappa shape index (κ1) is 14.1. The first-order chi connectivity index (χ1) is 8.92. The monoisotopic (exact) mass is 258 g/mol. The average Bonchev–Trinajstić information content (AvgIpc) is 2.67. The van der Waals surface area contributed by atoms with E-state index < -0.39 is 0 Å². The minimum absolute atomic E-state index is 0.338. The molecule has 1 N–H and O–H groups in total. The highest BCUT2D eigenvalue weighted by atomic mass is 14.9. The zero-order valence-corrected chi connectivity index (χ0v) is 12.8. The highest BCUT2D eigenvalue weighted by Crippen LogP contribution is 2.25. The first-order valence-corrected chi connectivity index (χ1v) is 7.15. The zero-order valence-electron chi connectivity index (χ0n) is 12.8. The van der Waals surface area contributed by atoms with E-state index in [1.165, 1.54) is 16.5 Å². The lowest BCUT2D eigenvalue weighted by molar-refractivity contribution is 0.238. The van der Waals surface area contributed by atoms with E-state index in [1.54, 1.807) is 0 Å². The molecule has 19 heavy (non-hydrogen) atoms. The van der Waals surface area contributed by atoms with E-state index in [9.17, 15) is 0 Å². The van der Waals surface area contributed by atoms with Crippen molar-refractivity contribution in [1.29, 1.82) is 0 Å². The SMILES string of the molecule is CC(C)C(C)(C)CNCc1cn(C)c2ccccc12. The topological polar surface area (TPSA) is 17.0 Å². The van der Waals surface area contributed by atoms with E-state index in [0.29, 0.717) is 11.3 Å². The normalized spacial score (nSPS) is 12.5. The van der Waals surface area contributed by atoms with Gasteiger partial charge in [0.15, 0.2) is 0 Å². The Morgan fingerprint density at radius 1 is 1.21 bits per heavy atom. The molecule has 104 valence electrons. The van der Waals surface area contributed by atoms with Crippen molar-refractivity contribution in [2.45, 2.75) is 34.2 Å². The van der Waals surface area contributed by atoms with Gasteiger partial charge in [-0.25, -0.2) is 0 Å². The van der Waals surface area contributed by atoms with Crippen LogP contribution in [0.1, 0.15) is 33.3 Å². The lowest BCUT2D eigenvalue weighted by Crippen LogP contribution is -2.33. The minimum atomic E-state index is 0.338. The number of hydrogen-bond donors (Lipinski definition) is 1. The fourth-order valence-corrected chi connectivity index (χ4v) is 2.29. The molecule has 2 nitrogen and oxygen atoms in total. The smallest absolute Gasteiger partial charge is 0.0481 e. The van der Waals surface area contributed by atoms with Crippen LogP contribution in [0, 0.1) is 11.3 Å². The number of fused-ring (bicyclic) bond motifs is 1. The van der Waals surface area contributed by atoms with Gasteiger partial charge >= 0.3 is 0 Å². The van der Waals surface area contributed by atoms with Crippen LogP contribution in [0.3, 0.4) is 0 Å². The Morgan fingerprint density at radius 2 is 1.89 bits per heavy atom. The fraction of sp³-hybridized carbons (Fsp3) is 0.529. The molecule has 2 aromatic rings. The Kier molecular flexibility index (Phi) is 4.00. The van der Waals surface area contributed by atoms with E-state index in [4.69, 9.17) is 0 Å². The third-order valence-electron chi connectivity index (χ3n) is 4.44. The maximum absolute atomic E-state index is 3.62. The molecule has 0 saturated heterocycles. The minimum Gasteiger partial charge on any atom is -0.350 e. The van der Waals surface area contributed by atoms with Crippen LogP contribution in [-0.2, 0) is 13.6 Å². The summed E-state index contributed by atoms with van der Waals surface area (Å²) in [6.45, 7) is 11.2. The van der Waals surface area contributed by atoms with Crippen LogP contribution in [0.2, 0.25) is 0 Å². The van der Waals surface area contributed by atoms with Crippen molar-refractivity contribution >= 4 is 10.9 Å².